The summed E-state index contributed by atoms with van der Waals surface area (Å²) >= 11 is 0. The molecule has 2 heteroatoms. The predicted molar refractivity (Wildman–Crippen MR) is 89.6 cm³/mol. The molecule has 0 spiro atoms. The van der Waals surface area contributed by atoms with Crippen molar-refractivity contribution in [1.82, 2.24) is 4.90 Å². The lowest BCUT2D eigenvalue weighted by Crippen LogP contribution is -2.42. The molecule has 21 heavy (non-hydrogen) atoms. The molecular weight excluding hydrogens is 258 g/mol. The smallest absolute Gasteiger partial charge is 0.0537 e. The second-order valence-corrected chi connectivity index (χ2v) is 6.95. The zero-order valence-corrected chi connectivity index (χ0v) is 13.7. The number of benzene rings is 1. The Hall–Kier alpha value is -0.860. The molecule has 2 atom stereocenters. The van der Waals surface area contributed by atoms with Crippen LogP contribution in [0.2, 0.25) is 0 Å². The van der Waals surface area contributed by atoms with Gasteiger partial charge in [-0.15, -0.1) is 0 Å². The maximum atomic E-state index is 9.95. The molecule has 0 aliphatic carbocycles. The Morgan fingerprint density at radius 2 is 1.95 bits per heavy atom. The van der Waals surface area contributed by atoms with E-state index < -0.39 is 0 Å². The van der Waals surface area contributed by atoms with Crippen molar-refractivity contribution in [2.75, 3.05) is 26.2 Å². The minimum atomic E-state index is -0.147. The molecule has 0 aromatic heterocycles. The number of aliphatic hydroxyl groups is 1. The highest BCUT2D eigenvalue weighted by Gasteiger charge is 2.29. The fourth-order valence-electron chi connectivity index (χ4n) is 3.65. The highest BCUT2D eigenvalue weighted by atomic mass is 16.3. The molecule has 2 rings (SSSR count). The van der Waals surface area contributed by atoms with Crippen LogP contribution in [0.25, 0.3) is 0 Å². The summed E-state index contributed by atoms with van der Waals surface area (Å²) in [5.41, 5.74) is 1.10. The molecule has 2 unspecified atom stereocenters. The molecule has 1 aliphatic rings. The van der Waals surface area contributed by atoms with Crippen LogP contribution in [0.1, 0.15) is 51.5 Å². The highest BCUT2D eigenvalue weighted by Crippen LogP contribution is 2.27. The Morgan fingerprint density at radius 3 is 2.62 bits per heavy atom. The Labute approximate surface area is 130 Å². The van der Waals surface area contributed by atoms with Crippen LogP contribution in [0.3, 0.4) is 0 Å². The SMILES string of the molecule is CCCC1CCCN(CC(C)(CO)c2ccccc2)CC1. The zero-order chi connectivity index (χ0) is 15.1. The first-order valence-electron chi connectivity index (χ1n) is 8.56. The van der Waals surface area contributed by atoms with E-state index >= 15 is 0 Å². The first kappa shape index (κ1) is 16.5. The van der Waals surface area contributed by atoms with Crippen LogP contribution in [-0.2, 0) is 5.41 Å². The monoisotopic (exact) mass is 289 g/mol. The van der Waals surface area contributed by atoms with Crippen molar-refractivity contribution in [2.24, 2.45) is 5.92 Å². The Balaban J connectivity index is 1.98. The molecule has 1 heterocycles. The first-order valence-corrected chi connectivity index (χ1v) is 8.56. The van der Waals surface area contributed by atoms with E-state index in [0.29, 0.717) is 0 Å². The van der Waals surface area contributed by atoms with E-state index in [1.807, 2.05) is 6.07 Å². The van der Waals surface area contributed by atoms with Crippen molar-refractivity contribution < 1.29 is 5.11 Å². The normalized spacial score (nSPS) is 23.5. The van der Waals surface area contributed by atoms with Gasteiger partial charge in [-0.25, -0.2) is 0 Å². The number of hydrogen-bond donors (Lipinski definition) is 1. The molecule has 1 N–H and O–H groups in total. The van der Waals surface area contributed by atoms with E-state index in [1.54, 1.807) is 0 Å². The predicted octanol–water partition coefficient (Wildman–Crippen LogP) is 3.84. The number of aliphatic hydroxyl groups excluding tert-OH is 1. The summed E-state index contributed by atoms with van der Waals surface area (Å²) in [4.78, 5) is 2.57. The van der Waals surface area contributed by atoms with Gasteiger partial charge in [-0.1, -0.05) is 57.0 Å². The molecule has 0 radical (unpaired) electrons. The Bertz CT molecular complexity index is 405. The van der Waals surface area contributed by atoms with Gasteiger partial charge in [0.15, 0.2) is 0 Å². The van der Waals surface area contributed by atoms with Gasteiger partial charge >= 0.3 is 0 Å². The van der Waals surface area contributed by atoms with Crippen molar-refractivity contribution in [3.05, 3.63) is 35.9 Å². The van der Waals surface area contributed by atoms with E-state index in [0.717, 1.165) is 12.5 Å². The van der Waals surface area contributed by atoms with E-state index in [9.17, 15) is 5.11 Å². The fourth-order valence-corrected chi connectivity index (χ4v) is 3.65. The van der Waals surface area contributed by atoms with Crippen molar-refractivity contribution in [3.8, 4) is 0 Å². The van der Waals surface area contributed by atoms with Crippen LogP contribution >= 0.6 is 0 Å². The van der Waals surface area contributed by atoms with Crippen molar-refractivity contribution in [2.45, 2.75) is 51.4 Å². The van der Waals surface area contributed by atoms with Gasteiger partial charge < -0.3 is 10.0 Å². The Kier molecular flexibility index (Phi) is 6.25. The van der Waals surface area contributed by atoms with Crippen LogP contribution < -0.4 is 0 Å². The van der Waals surface area contributed by atoms with Gasteiger partial charge in [-0.3, -0.25) is 0 Å². The maximum Gasteiger partial charge on any atom is 0.0537 e. The lowest BCUT2D eigenvalue weighted by atomic mass is 9.82. The average molecular weight is 289 g/mol. The minimum Gasteiger partial charge on any atom is -0.395 e. The molecule has 1 aromatic carbocycles. The van der Waals surface area contributed by atoms with Gasteiger partial charge in [0, 0.05) is 12.0 Å². The third-order valence-electron chi connectivity index (χ3n) is 5.03. The molecule has 1 saturated heterocycles. The summed E-state index contributed by atoms with van der Waals surface area (Å²) in [5, 5.41) is 9.95. The van der Waals surface area contributed by atoms with Gasteiger partial charge in [-0.2, -0.15) is 0 Å². The second kappa shape index (κ2) is 7.95. The molecule has 2 nitrogen and oxygen atoms in total. The molecule has 1 fully saturated rings. The van der Waals surface area contributed by atoms with Crippen molar-refractivity contribution in [1.29, 1.82) is 0 Å². The van der Waals surface area contributed by atoms with Gasteiger partial charge in [0.1, 0.15) is 0 Å². The molecule has 0 saturated carbocycles. The number of likely N-dealkylation sites (tertiary alicyclic amines) is 1. The maximum absolute atomic E-state index is 9.95. The standard InChI is InChI=1S/C19H31NO/c1-3-8-17-9-7-13-20(14-12-17)15-19(2,16-21)18-10-5-4-6-11-18/h4-6,10-11,17,21H,3,7-9,12-16H2,1-2H3. The van der Waals surface area contributed by atoms with Crippen LogP contribution in [0.5, 0.6) is 0 Å². The van der Waals surface area contributed by atoms with Crippen LogP contribution in [-0.4, -0.2) is 36.2 Å². The summed E-state index contributed by atoms with van der Waals surface area (Å²) in [6, 6.07) is 10.5. The van der Waals surface area contributed by atoms with E-state index in [-0.39, 0.29) is 12.0 Å². The van der Waals surface area contributed by atoms with Crippen LogP contribution in [0, 0.1) is 5.92 Å². The lowest BCUT2D eigenvalue weighted by molar-refractivity contribution is 0.145. The number of nitrogens with zero attached hydrogens (tertiary/aromatic N) is 1. The van der Waals surface area contributed by atoms with E-state index in [2.05, 4.69) is 43.0 Å². The zero-order valence-electron chi connectivity index (χ0n) is 13.7. The molecular formula is C19H31NO. The summed E-state index contributed by atoms with van der Waals surface area (Å²) in [6.07, 6.45) is 6.70. The van der Waals surface area contributed by atoms with Gasteiger partial charge in [0.25, 0.3) is 0 Å². The van der Waals surface area contributed by atoms with Crippen molar-refractivity contribution >= 4 is 0 Å². The minimum absolute atomic E-state index is 0.147. The van der Waals surface area contributed by atoms with Gasteiger partial charge in [0.2, 0.25) is 0 Å². The fraction of sp³-hybridized carbons (Fsp3) is 0.684. The quantitative estimate of drug-likeness (QED) is 0.860. The molecule has 0 bridgehead atoms. The topological polar surface area (TPSA) is 23.5 Å². The van der Waals surface area contributed by atoms with Gasteiger partial charge in [-0.05, 0) is 43.8 Å². The first-order chi connectivity index (χ1) is 10.2. The molecule has 0 amide bonds. The molecule has 1 aliphatic heterocycles. The van der Waals surface area contributed by atoms with Crippen LogP contribution in [0.15, 0.2) is 30.3 Å². The van der Waals surface area contributed by atoms with Gasteiger partial charge in [0.05, 0.1) is 6.61 Å². The largest absolute Gasteiger partial charge is 0.395 e. The third-order valence-corrected chi connectivity index (χ3v) is 5.03. The Morgan fingerprint density at radius 1 is 1.19 bits per heavy atom. The number of hydrogen-bond acceptors (Lipinski definition) is 2. The number of rotatable bonds is 6. The second-order valence-electron chi connectivity index (χ2n) is 6.95. The summed E-state index contributed by atoms with van der Waals surface area (Å²) in [5.74, 6) is 0.914. The summed E-state index contributed by atoms with van der Waals surface area (Å²) in [7, 11) is 0. The summed E-state index contributed by atoms with van der Waals surface area (Å²) in [6.45, 7) is 8.03. The lowest BCUT2D eigenvalue weighted by Gasteiger charge is -2.34. The van der Waals surface area contributed by atoms with Crippen LogP contribution in [0.4, 0.5) is 0 Å². The summed E-state index contributed by atoms with van der Waals surface area (Å²) < 4.78 is 0. The third kappa shape index (κ3) is 4.55. The van der Waals surface area contributed by atoms with E-state index in [1.165, 1.54) is 50.8 Å². The highest BCUT2D eigenvalue weighted by molar-refractivity contribution is 5.25. The average Bonchev–Trinajstić information content (AvgIpc) is 2.74. The van der Waals surface area contributed by atoms with E-state index in [4.69, 9.17) is 0 Å². The van der Waals surface area contributed by atoms with Crippen molar-refractivity contribution in [3.63, 3.8) is 0 Å². The molecule has 118 valence electrons. The molecule has 1 aromatic rings.